The number of hydrogen-bond acceptors (Lipinski definition) is 3. The topological polar surface area (TPSA) is 70.6 Å². The number of benzene rings is 1. The molecule has 1 aromatic rings. The molecule has 118 valence electrons. The predicted octanol–water partition coefficient (Wildman–Crippen LogP) is 3.59. The molecule has 4 heteroatoms. The number of oxime groups is 1. The van der Waals surface area contributed by atoms with Crippen LogP contribution in [0, 0.1) is 12.3 Å². The van der Waals surface area contributed by atoms with Gasteiger partial charge < -0.3 is 16.3 Å². The normalized spacial score (nSPS) is 14.2. The first-order chi connectivity index (χ1) is 9.86. The van der Waals surface area contributed by atoms with Crippen molar-refractivity contribution in [3.63, 3.8) is 0 Å². The number of nitrogens with one attached hydrogen (secondary N) is 1. The van der Waals surface area contributed by atoms with Crippen LogP contribution in [0.15, 0.2) is 29.4 Å². The zero-order valence-electron chi connectivity index (χ0n) is 13.7. The lowest BCUT2D eigenvalue weighted by atomic mass is 9.86. The van der Waals surface area contributed by atoms with Crippen molar-refractivity contribution in [1.29, 1.82) is 0 Å². The Labute approximate surface area is 128 Å². The lowest BCUT2D eigenvalue weighted by Crippen LogP contribution is -2.32. The van der Waals surface area contributed by atoms with E-state index in [0.717, 1.165) is 25.8 Å². The van der Waals surface area contributed by atoms with Crippen LogP contribution in [0.25, 0.3) is 0 Å². The summed E-state index contributed by atoms with van der Waals surface area (Å²) in [5.41, 5.74) is 8.05. The Morgan fingerprint density at radius 1 is 1.29 bits per heavy atom. The van der Waals surface area contributed by atoms with E-state index in [9.17, 15) is 0 Å². The summed E-state index contributed by atoms with van der Waals surface area (Å²) in [6.07, 6.45) is 3.05. The molecule has 0 fully saturated rings. The van der Waals surface area contributed by atoms with Crippen LogP contribution in [0.4, 0.5) is 0 Å². The molecule has 0 saturated heterocycles. The van der Waals surface area contributed by atoms with E-state index in [2.05, 4.69) is 48.6 Å². The second kappa shape index (κ2) is 8.03. The molecule has 0 aliphatic heterocycles. The molecule has 4 N–H and O–H groups in total. The fraction of sp³-hybridized carbons (Fsp3) is 0.588. The first-order valence-electron chi connectivity index (χ1n) is 7.65. The second-order valence-electron chi connectivity index (χ2n) is 6.41. The van der Waals surface area contributed by atoms with Gasteiger partial charge in [0.15, 0.2) is 0 Å². The van der Waals surface area contributed by atoms with Gasteiger partial charge in [-0.1, -0.05) is 55.3 Å². The molecule has 0 aromatic heterocycles. The lowest BCUT2D eigenvalue weighted by Gasteiger charge is -2.22. The maximum atomic E-state index is 8.74. The molecule has 0 saturated carbocycles. The summed E-state index contributed by atoms with van der Waals surface area (Å²) in [6, 6.07) is 9.01. The number of nitrogens with two attached hydrogens (primary N) is 1. The van der Waals surface area contributed by atoms with E-state index in [1.165, 1.54) is 11.1 Å². The van der Waals surface area contributed by atoms with Crippen molar-refractivity contribution in [3.8, 4) is 0 Å². The van der Waals surface area contributed by atoms with Crippen LogP contribution >= 0.6 is 0 Å². The van der Waals surface area contributed by atoms with Gasteiger partial charge in [0.1, 0.15) is 5.84 Å². The molecule has 0 aliphatic carbocycles. The molecule has 1 atom stereocenters. The zero-order chi connectivity index (χ0) is 15.9. The van der Waals surface area contributed by atoms with Crippen LogP contribution in [-0.4, -0.2) is 17.6 Å². The van der Waals surface area contributed by atoms with E-state index >= 15 is 0 Å². The minimum atomic E-state index is -0.239. The second-order valence-corrected chi connectivity index (χ2v) is 6.41. The van der Waals surface area contributed by atoms with Crippen molar-refractivity contribution >= 4 is 5.84 Å². The average Bonchev–Trinajstić information content (AvgIpc) is 2.46. The van der Waals surface area contributed by atoms with E-state index < -0.39 is 0 Å². The smallest absolute Gasteiger partial charge is 0.144 e. The summed E-state index contributed by atoms with van der Waals surface area (Å²) in [6.45, 7) is 9.27. The fourth-order valence-corrected chi connectivity index (χ4v) is 2.25. The van der Waals surface area contributed by atoms with Crippen molar-refractivity contribution in [1.82, 2.24) is 5.32 Å². The predicted molar refractivity (Wildman–Crippen MR) is 88.6 cm³/mol. The fourth-order valence-electron chi connectivity index (χ4n) is 2.25. The van der Waals surface area contributed by atoms with E-state index in [4.69, 9.17) is 10.9 Å². The highest BCUT2D eigenvalue weighted by molar-refractivity contribution is 5.85. The maximum Gasteiger partial charge on any atom is 0.144 e. The number of hydrogen-bond donors (Lipinski definition) is 3. The molecule has 1 unspecified atom stereocenters. The van der Waals surface area contributed by atoms with Crippen LogP contribution in [0.1, 0.15) is 57.2 Å². The van der Waals surface area contributed by atoms with Gasteiger partial charge in [-0.3, -0.25) is 0 Å². The molecule has 0 spiro atoms. The van der Waals surface area contributed by atoms with Crippen molar-refractivity contribution in [3.05, 3.63) is 35.4 Å². The molecular weight excluding hydrogens is 262 g/mol. The highest BCUT2D eigenvalue weighted by atomic mass is 16.4. The standard InChI is InChI=1S/C17H29N3O/c1-13-7-9-15(10-8-13)14(2)19-12-6-5-11-17(3,4)16(18)20-21/h7-10,14,19,21H,5-6,11-12H2,1-4H3,(H2,18,20). The van der Waals surface area contributed by atoms with Gasteiger partial charge in [-0.2, -0.15) is 0 Å². The SMILES string of the molecule is Cc1ccc(C(C)NCCCCC(C)(C)/C(N)=N/O)cc1. The third-order valence-corrected chi connectivity index (χ3v) is 4.06. The average molecular weight is 291 g/mol. The molecule has 0 aliphatic rings. The number of rotatable bonds is 8. The Bertz CT molecular complexity index is 452. The first kappa shape index (κ1) is 17.5. The van der Waals surface area contributed by atoms with Crippen LogP contribution in [-0.2, 0) is 0 Å². The summed E-state index contributed by atoms with van der Waals surface area (Å²) in [5, 5.41) is 15.4. The molecule has 0 heterocycles. The van der Waals surface area contributed by atoms with Crippen molar-refractivity contribution in [2.75, 3.05) is 6.54 Å². The Hall–Kier alpha value is -1.55. The zero-order valence-corrected chi connectivity index (χ0v) is 13.7. The van der Waals surface area contributed by atoms with Gasteiger partial charge in [0.25, 0.3) is 0 Å². The molecule has 0 amide bonds. The van der Waals surface area contributed by atoms with Gasteiger partial charge in [0.2, 0.25) is 0 Å². The van der Waals surface area contributed by atoms with Crippen molar-refractivity contribution in [2.45, 2.75) is 53.0 Å². The summed E-state index contributed by atoms with van der Waals surface area (Å²) in [7, 11) is 0. The van der Waals surface area contributed by atoms with Gasteiger partial charge in [0, 0.05) is 11.5 Å². The van der Waals surface area contributed by atoms with Crippen molar-refractivity contribution in [2.24, 2.45) is 16.3 Å². The van der Waals surface area contributed by atoms with Crippen LogP contribution in [0.3, 0.4) is 0 Å². The minimum absolute atomic E-state index is 0.239. The Kier molecular flexibility index (Phi) is 6.69. The van der Waals surface area contributed by atoms with Gasteiger partial charge >= 0.3 is 0 Å². The lowest BCUT2D eigenvalue weighted by molar-refractivity contribution is 0.304. The third-order valence-electron chi connectivity index (χ3n) is 4.06. The molecule has 1 aromatic carbocycles. The van der Waals surface area contributed by atoms with Crippen LogP contribution < -0.4 is 11.1 Å². The van der Waals surface area contributed by atoms with Crippen molar-refractivity contribution < 1.29 is 5.21 Å². The van der Waals surface area contributed by atoms with E-state index in [1.54, 1.807) is 0 Å². The maximum absolute atomic E-state index is 8.74. The largest absolute Gasteiger partial charge is 0.409 e. The summed E-state index contributed by atoms with van der Waals surface area (Å²) in [4.78, 5) is 0. The molecule has 0 radical (unpaired) electrons. The number of amidine groups is 1. The quantitative estimate of drug-likeness (QED) is 0.225. The highest BCUT2D eigenvalue weighted by Crippen LogP contribution is 2.23. The highest BCUT2D eigenvalue weighted by Gasteiger charge is 2.22. The molecule has 1 rings (SSSR count). The molecular formula is C17H29N3O. The van der Waals surface area contributed by atoms with Gasteiger partial charge in [-0.25, -0.2) is 0 Å². The number of unbranched alkanes of at least 4 members (excludes halogenated alkanes) is 1. The molecule has 0 bridgehead atoms. The van der Waals surface area contributed by atoms with E-state index in [1.807, 2.05) is 13.8 Å². The summed E-state index contributed by atoms with van der Waals surface area (Å²) < 4.78 is 0. The molecule has 21 heavy (non-hydrogen) atoms. The van der Waals surface area contributed by atoms with Crippen LogP contribution in [0.5, 0.6) is 0 Å². The van der Waals surface area contributed by atoms with Gasteiger partial charge in [0.05, 0.1) is 0 Å². The van der Waals surface area contributed by atoms with Gasteiger partial charge in [-0.05, 0) is 38.8 Å². The molecule has 4 nitrogen and oxygen atoms in total. The number of aryl methyl sites for hydroxylation is 1. The Morgan fingerprint density at radius 2 is 1.90 bits per heavy atom. The Morgan fingerprint density at radius 3 is 2.48 bits per heavy atom. The van der Waals surface area contributed by atoms with E-state index in [-0.39, 0.29) is 5.41 Å². The first-order valence-corrected chi connectivity index (χ1v) is 7.65. The summed E-state index contributed by atoms with van der Waals surface area (Å²) in [5.74, 6) is 0.309. The number of nitrogens with zero attached hydrogens (tertiary/aromatic N) is 1. The summed E-state index contributed by atoms with van der Waals surface area (Å²) >= 11 is 0. The Balaban J connectivity index is 2.27. The van der Waals surface area contributed by atoms with Crippen LogP contribution in [0.2, 0.25) is 0 Å². The van der Waals surface area contributed by atoms with Gasteiger partial charge in [-0.15, -0.1) is 0 Å². The monoisotopic (exact) mass is 291 g/mol. The minimum Gasteiger partial charge on any atom is -0.409 e. The van der Waals surface area contributed by atoms with E-state index in [0.29, 0.717) is 11.9 Å². The third kappa shape index (κ3) is 5.76.